The van der Waals surface area contributed by atoms with Gasteiger partial charge in [0.15, 0.2) is 0 Å². The second kappa shape index (κ2) is 8.21. The molecule has 0 unspecified atom stereocenters. The summed E-state index contributed by atoms with van der Waals surface area (Å²) in [5.41, 5.74) is 2.59. The van der Waals surface area contributed by atoms with Crippen LogP contribution in [0, 0.1) is 12.8 Å². The average molecular weight is 354 g/mol. The summed E-state index contributed by atoms with van der Waals surface area (Å²) in [7, 11) is 0. The van der Waals surface area contributed by atoms with E-state index in [0.717, 1.165) is 24.3 Å². The molecule has 130 valence electrons. The van der Waals surface area contributed by atoms with E-state index in [1.54, 1.807) is 36.0 Å². The maximum atomic E-state index is 12.1. The van der Waals surface area contributed by atoms with Crippen molar-refractivity contribution >= 4 is 29.3 Å². The van der Waals surface area contributed by atoms with Crippen LogP contribution < -0.4 is 10.6 Å². The molecule has 0 radical (unpaired) electrons. The molecule has 0 saturated heterocycles. The second-order valence-corrected chi connectivity index (χ2v) is 7.43. The molecule has 1 aliphatic carbocycles. The molecule has 1 fully saturated rings. The number of carbonyl (C=O) groups excluding carboxylic acids is 2. The molecule has 0 heterocycles. The number of aryl methyl sites for hydroxylation is 1. The highest BCUT2D eigenvalue weighted by molar-refractivity contribution is 7.99. The van der Waals surface area contributed by atoms with E-state index in [1.807, 2.05) is 0 Å². The zero-order valence-electron chi connectivity index (χ0n) is 14.2. The Hall–Kier alpha value is -2.27. The number of anilines is 1. The molecule has 2 amide bonds. The van der Waals surface area contributed by atoms with E-state index >= 15 is 0 Å². The first-order chi connectivity index (χ1) is 12.1. The van der Waals surface area contributed by atoms with Gasteiger partial charge < -0.3 is 10.6 Å². The summed E-state index contributed by atoms with van der Waals surface area (Å²) in [5.74, 6) is 0.980. The smallest absolute Gasteiger partial charge is 0.251 e. The number of benzene rings is 2. The number of hydrogen-bond donors (Lipinski definition) is 2. The molecule has 2 aromatic rings. The van der Waals surface area contributed by atoms with Gasteiger partial charge in [-0.3, -0.25) is 9.59 Å². The summed E-state index contributed by atoms with van der Waals surface area (Å²) >= 11 is 1.72. The molecule has 2 N–H and O–H groups in total. The van der Waals surface area contributed by atoms with Crippen molar-refractivity contribution in [3.63, 3.8) is 0 Å². The molecule has 1 aliphatic rings. The highest BCUT2D eigenvalue weighted by atomic mass is 32.2. The maximum absolute atomic E-state index is 12.1. The number of carbonyl (C=O) groups is 2. The molecule has 0 bridgehead atoms. The van der Waals surface area contributed by atoms with Crippen molar-refractivity contribution in [1.82, 2.24) is 5.32 Å². The molecule has 0 aromatic heterocycles. The van der Waals surface area contributed by atoms with E-state index in [1.165, 1.54) is 10.5 Å². The normalized spacial score (nSPS) is 13.3. The van der Waals surface area contributed by atoms with Crippen LogP contribution in [-0.2, 0) is 4.79 Å². The minimum atomic E-state index is -0.0930. The van der Waals surface area contributed by atoms with Gasteiger partial charge in [0.05, 0.1) is 0 Å². The van der Waals surface area contributed by atoms with Crippen molar-refractivity contribution in [2.45, 2.75) is 24.7 Å². The Labute approximate surface area is 152 Å². The van der Waals surface area contributed by atoms with Crippen LogP contribution in [0.25, 0.3) is 0 Å². The highest BCUT2D eigenvalue weighted by Gasteiger charge is 2.29. The summed E-state index contributed by atoms with van der Waals surface area (Å²) in [5, 5.41) is 5.79. The zero-order chi connectivity index (χ0) is 17.6. The standard InChI is InChI=1S/C20H22N2O2S/c1-14-2-10-18(11-3-14)25-13-12-21-19(23)15-6-8-17(9-7-15)22-20(24)16-4-5-16/h2-3,6-11,16H,4-5,12-13H2,1H3,(H,21,23)(H,22,24). The lowest BCUT2D eigenvalue weighted by atomic mass is 10.2. The zero-order valence-corrected chi connectivity index (χ0v) is 15.1. The predicted molar refractivity (Wildman–Crippen MR) is 102 cm³/mol. The van der Waals surface area contributed by atoms with Crippen LogP contribution in [0.15, 0.2) is 53.4 Å². The summed E-state index contributed by atoms with van der Waals surface area (Å²) in [4.78, 5) is 25.1. The third-order valence-corrected chi connectivity index (χ3v) is 5.05. The average Bonchev–Trinajstić information content (AvgIpc) is 3.46. The lowest BCUT2D eigenvalue weighted by Gasteiger charge is -2.07. The van der Waals surface area contributed by atoms with Crippen molar-refractivity contribution < 1.29 is 9.59 Å². The van der Waals surface area contributed by atoms with Gasteiger partial charge in [0.2, 0.25) is 5.91 Å². The predicted octanol–water partition coefficient (Wildman–Crippen LogP) is 3.87. The van der Waals surface area contributed by atoms with Gasteiger partial charge in [-0.05, 0) is 56.2 Å². The van der Waals surface area contributed by atoms with Crippen LogP contribution in [0.4, 0.5) is 5.69 Å². The van der Waals surface area contributed by atoms with Gasteiger partial charge in [-0.25, -0.2) is 0 Å². The first-order valence-corrected chi connectivity index (χ1v) is 9.49. The summed E-state index contributed by atoms with van der Waals surface area (Å²) in [6.07, 6.45) is 1.96. The fourth-order valence-corrected chi connectivity index (χ4v) is 3.13. The van der Waals surface area contributed by atoms with E-state index in [0.29, 0.717) is 12.1 Å². The van der Waals surface area contributed by atoms with Gasteiger partial charge >= 0.3 is 0 Å². The Morgan fingerprint density at radius 2 is 1.72 bits per heavy atom. The van der Waals surface area contributed by atoms with Gasteiger partial charge in [0, 0.05) is 34.4 Å². The fraction of sp³-hybridized carbons (Fsp3) is 0.300. The first-order valence-electron chi connectivity index (χ1n) is 8.50. The molecule has 4 nitrogen and oxygen atoms in total. The molecule has 0 spiro atoms. The Bertz CT molecular complexity index is 737. The SMILES string of the molecule is Cc1ccc(SCCNC(=O)c2ccc(NC(=O)C3CC3)cc2)cc1. The van der Waals surface area contributed by atoms with Gasteiger partial charge in [-0.15, -0.1) is 11.8 Å². The minimum absolute atomic E-state index is 0.0744. The highest BCUT2D eigenvalue weighted by Crippen LogP contribution is 2.30. The summed E-state index contributed by atoms with van der Waals surface area (Å²) in [6.45, 7) is 2.68. The Balaban J connectivity index is 1.41. The van der Waals surface area contributed by atoms with Crippen LogP contribution in [0.5, 0.6) is 0 Å². The Morgan fingerprint density at radius 1 is 1.04 bits per heavy atom. The molecule has 0 aliphatic heterocycles. The number of thioether (sulfide) groups is 1. The van der Waals surface area contributed by atoms with E-state index in [-0.39, 0.29) is 17.7 Å². The molecule has 5 heteroatoms. The number of hydrogen-bond acceptors (Lipinski definition) is 3. The molecular weight excluding hydrogens is 332 g/mol. The number of nitrogens with one attached hydrogen (secondary N) is 2. The van der Waals surface area contributed by atoms with Crippen LogP contribution in [0.2, 0.25) is 0 Å². The van der Waals surface area contributed by atoms with Crippen molar-refractivity contribution in [3.8, 4) is 0 Å². The topological polar surface area (TPSA) is 58.2 Å². The third kappa shape index (κ3) is 5.36. The molecule has 3 rings (SSSR count). The quantitative estimate of drug-likeness (QED) is 0.586. The fourth-order valence-electron chi connectivity index (χ4n) is 2.36. The largest absolute Gasteiger partial charge is 0.351 e. The van der Waals surface area contributed by atoms with Gasteiger partial charge in [-0.2, -0.15) is 0 Å². The molecular formula is C20H22N2O2S. The molecule has 2 aromatic carbocycles. The van der Waals surface area contributed by atoms with Crippen molar-refractivity contribution in [1.29, 1.82) is 0 Å². The second-order valence-electron chi connectivity index (χ2n) is 6.26. The van der Waals surface area contributed by atoms with Crippen LogP contribution in [-0.4, -0.2) is 24.1 Å². The maximum Gasteiger partial charge on any atom is 0.251 e. The van der Waals surface area contributed by atoms with Crippen molar-refractivity contribution in [3.05, 3.63) is 59.7 Å². The number of amides is 2. The van der Waals surface area contributed by atoms with E-state index < -0.39 is 0 Å². The summed E-state index contributed by atoms with van der Waals surface area (Å²) in [6, 6.07) is 15.4. The van der Waals surface area contributed by atoms with Crippen LogP contribution >= 0.6 is 11.8 Å². The molecule has 1 saturated carbocycles. The van der Waals surface area contributed by atoms with Gasteiger partial charge in [-0.1, -0.05) is 17.7 Å². The van der Waals surface area contributed by atoms with Crippen molar-refractivity contribution in [2.24, 2.45) is 5.92 Å². The molecule has 0 atom stereocenters. The van der Waals surface area contributed by atoms with E-state index in [4.69, 9.17) is 0 Å². The minimum Gasteiger partial charge on any atom is -0.351 e. The van der Waals surface area contributed by atoms with E-state index in [9.17, 15) is 9.59 Å². The van der Waals surface area contributed by atoms with E-state index in [2.05, 4.69) is 41.8 Å². The van der Waals surface area contributed by atoms with Gasteiger partial charge in [0.1, 0.15) is 0 Å². The summed E-state index contributed by atoms with van der Waals surface area (Å²) < 4.78 is 0. The Kier molecular flexibility index (Phi) is 5.76. The lowest BCUT2D eigenvalue weighted by Crippen LogP contribution is -2.25. The Morgan fingerprint density at radius 3 is 2.36 bits per heavy atom. The lowest BCUT2D eigenvalue weighted by molar-refractivity contribution is -0.117. The van der Waals surface area contributed by atoms with Gasteiger partial charge in [0.25, 0.3) is 5.91 Å². The number of rotatable bonds is 7. The van der Waals surface area contributed by atoms with Crippen LogP contribution in [0.1, 0.15) is 28.8 Å². The first kappa shape index (κ1) is 17.5. The monoisotopic (exact) mass is 354 g/mol. The van der Waals surface area contributed by atoms with Crippen molar-refractivity contribution in [2.75, 3.05) is 17.6 Å². The molecule has 25 heavy (non-hydrogen) atoms. The van der Waals surface area contributed by atoms with Crippen LogP contribution in [0.3, 0.4) is 0 Å². The third-order valence-electron chi connectivity index (χ3n) is 4.04.